The first-order chi connectivity index (χ1) is 9.90. The molecular formula is C16H18BrNO3. The molecule has 1 fully saturated rings. The average molecular weight is 352 g/mol. The van der Waals surface area contributed by atoms with Crippen LogP contribution in [0.15, 0.2) is 28.7 Å². The van der Waals surface area contributed by atoms with Crippen LogP contribution in [0.5, 0.6) is 0 Å². The fraction of sp³-hybridized carbons (Fsp3) is 0.375. The number of amides is 1. The number of nitrogens with zero attached hydrogens (tertiary/aromatic N) is 1. The Bertz CT molecular complexity index is 597. The van der Waals surface area contributed by atoms with Gasteiger partial charge in [-0.1, -0.05) is 28.1 Å². The van der Waals surface area contributed by atoms with E-state index in [1.165, 1.54) is 6.08 Å². The number of rotatable bonds is 3. The summed E-state index contributed by atoms with van der Waals surface area (Å²) in [7, 11) is 0. The monoisotopic (exact) mass is 351 g/mol. The van der Waals surface area contributed by atoms with Crippen LogP contribution in [-0.4, -0.2) is 34.5 Å². The molecular weight excluding hydrogens is 334 g/mol. The Labute approximate surface area is 132 Å². The van der Waals surface area contributed by atoms with Crippen molar-refractivity contribution < 1.29 is 14.7 Å². The largest absolute Gasteiger partial charge is 0.481 e. The van der Waals surface area contributed by atoms with E-state index in [2.05, 4.69) is 15.9 Å². The third-order valence-corrected chi connectivity index (χ3v) is 4.60. The highest BCUT2D eigenvalue weighted by Crippen LogP contribution is 2.25. The van der Waals surface area contributed by atoms with Crippen molar-refractivity contribution >= 4 is 33.9 Å². The summed E-state index contributed by atoms with van der Waals surface area (Å²) in [4.78, 5) is 24.9. The summed E-state index contributed by atoms with van der Waals surface area (Å²) in [5.74, 6) is -1.43. The normalized spacial score (nSPS) is 22.0. The third kappa shape index (κ3) is 3.53. The average Bonchev–Trinajstić information content (AvgIpc) is 2.79. The molecule has 0 saturated carbocycles. The molecule has 21 heavy (non-hydrogen) atoms. The summed E-state index contributed by atoms with van der Waals surface area (Å²) < 4.78 is 0.935. The molecule has 1 aliphatic heterocycles. The maximum absolute atomic E-state index is 12.2. The van der Waals surface area contributed by atoms with Gasteiger partial charge in [0.25, 0.3) is 0 Å². The molecule has 0 bridgehead atoms. The highest BCUT2D eigenvalue weighted by atomic mass is 79.9. The van der Waals surface area contributed by atoms with E-state index in [0.29, 0.717) is 13.0 Å². The maximum Gasteiger partial charge on any atom is 0.308 e. The highest BCUT2D eigenvalue weighted by molar-refractivity contribution is 9.10. The van der Waals surface area contributed by atoms with Gasteiger partial charge in [0.1, 0.15) is 0 Å². The molecule has 1 aliphatic rings. The summed E-state index contributed by atoms with van der Waals surface area (Å²) in [6.07, 6.45) is 3.78. The summed E-state index contributed by atoms with van der Waals surface area (Å²) in [5, 5.41) is 9.09. The van der Waals surface area contributed by atoms with Crippen LogP contribution in [0.3, 0.4) is 0 Å². The Morgan fingerprint density at radius 2 is 2.14 bits per heavy atom. The summed E-state index contributed by atoms with van der Waals surface area (Å²) in [5.41, 5.74) is 2.07. The minimum atomic E-state index is -0.831. The lowest BCUT2D eigenvalue weighted by Crippen LogP contribution is -2.36. The molecule has 1 amide bonds. The van der Waals surface area contributed by atoms with E-state index in [0.717, 1.165) is 15.6 Å². The van der Waals surface area contributed by atoms with Crippen LogP contribution in [0.1, 0.15) is 24.5 Å². The first kappa shape index (κ1) is 15.8. The maximum atomic E-state index is 12.2. The first-order valence-electron chi connectivity index (χ1n) is 6.88. The van der Waals surface area contributed by atoms with Crippen molar-refractivity contribution in [3.63, 3.8) is 0 Å². The predicted molar refractivity (Wildman–Crippen MR) is 84.8 cm³/mol. The lowest BCUT2D eigenvalue weighted by molar-refractivity contribution is -0.142. The molecule has 1 saturated heterocycles. The second kappa shape index (κ2) is 6.43. The van der Waals surface area contributed by atoms with Gasteiger partial charge in [-0.25, -0.2) is 0 Å². The Morgan fingerprint density at radius 3 is 2.71 bits per heavy atom. The molecule has 0 spiro atoms. The SMILES string of the molecule is Cc1ccc(C=CC(=O)N2CCC(C(=O)O)C2C)c(Br)c1. The smallest absolute Gasteiger partial charge is 0.308 e. The number of carbonyl (C=O) groups is 2. The van der Waals surface area contributed by atoms with Gasteiger partial charge in [-0.15, -0.1) is 0 Å². The van der Waals surface area contributed by atoms with Crippen LogP contribution in [0.2, 0.25) is 0 Å². The van der Waals surface area contributed by atoms with Gasteiger partial charge in [0.2, 0.25) is 5.91 Å². The fourth-order valence-corrected chi connectivity index (χ4v) is 3.23. The molecule has 0 radical (unpaired) electrons. The second-order valence-corrected chi connectivity index (χ2v) is 6.22. The van der Waals surface area contributed by atoms with Gasteiger partial charge in [-0.3, -0.25) is 9.59 Å². The van der Waals surface area contributed by atoms with Crippen molar-refractivity contribution in [2.45, 2.75) is 26.3 Å². The second-order valence-electron chi connectivity index (χ2n) is 5.36. The summed E-state index contributed by atoms with van der Waals surface area (Å²) in [6.45, 7) is 4.29. The predicted octanol–water partition coefficient (Wildman–Crippen LogP) is 3.09. The van der Waals surface area contributed by atoms with Crippen molar-refractivity contribution in [1.29, 1.82) is 0 Å². The van der Waals surface area contributed by atoms with E-state index in [-0.39, 0.29) is 11.9 Å². The number of halogens is 1. The highest BCUT2D eigenvalue weighted by Gasteiger charge is 2.37. The lowest BCUT2D eigenvalue weighted by atomic mass is 10.0. The van der Waals surface area contributed by atoms with Gasteiger partial charge in [-0.05, 0) is 43.5 Å². The van der Waals surface area contributed by atoms with Crippen molar-refractivity contribution in [2.75, 3.05) is 6.54 Å². The quantitative estimate of drug-likeness (QED) is 0.851. The zero-order valence-electron chi connectivity index (χ0n) is 12.0. The number of carbonyl (C=O) groups excluding carboxylic acids is 1. The zero-order valence-corrected chi connectivity index (χ0v) is 13.6. The molecule has 5 heteroatoms. The van der Waals surface area contributed by atoms with Crippen LogP contribution in [0.25, 0.3) is 6.08 Å². The summed E-state index contributed by atoms with van der Waals surface area (Å²) >= 11 is 3.47. The number of likely N-dealkylation sites (tertiary alicyclic amines) is 1. The Hall–Kier alpha value is -1.62. The molecule has 2 rings (SSSR count). The van der Waals surface area contributed by atoms with Crippen LogP contribution in [0.4, 0.5) is 0 Å². The van der Waals surface area contributed by atoms with E-state index < -0.39 is 11.9 Å². The molecule has 2 atom stereocenters. The number of hydrogen-bond donors (Lipinski definition) is 1. The van der Waals surface area contributed by atoms with Crippen LogP contribution < -0.4 is 0 Å². The van der Waals surface area contributed by atoms with Crippen molar-refractivity contribution in [3.8, 4) is 0 Å². The van der Waals surface area contributed by atoms with E-state index >= 15 is 0 Å². The molecule has 1 aromatic carbocycles. The standard InChI is InChI=1S/C16H18BrNO3/c1-10-3-4-12(14(17)9-10)5-6-15(19)18-8-7-13(11(18)2)16(20)21/h3-6,9,11,13H,7-8H2,1-2H3,(H,20,21). The molecule has 0 aromatic heterocycles. The Kier molecular flexibility index (Phi) is 4.83. The van der Waals surface area contributed by atoms with Gasteiger partial charge in [0.15, 0.2) is 0 Å². The number of hydrogen-bond acceptors (Lipinski definition) is 2. The van der Waals surface area contributed by atoms with E-state index in [1.54, 1.807) is 17.9 Å². The van der Waals surface area contributed by atoms with E-state index in [9.17, 15) is 9.59 Å². The first-order valence-corrected chi connectivity index (χ1v) is 7.67. The zero-order chi connectivity index (χ0) is 15.6. The fourth-order valence-electron chi connectivity index (χ4n) is 2.61. The van der Waals surface area contributed by atoms with Crippen LogP contribution >= 0.6 is 15.9 Å². The Morgan fingerprint density at radius 1 is 1.43 bits per heavy atom. The third-order valence-electron chi connectivity index (χ3n) is 3.92. The van der Waals surface area contributed by atoms with Crippen molar-refractivity contribution in [3.05, 3.63) is 39.9 Å². The molecule has 112 valence electrons. The molecule has 1 aromatic rings. The molecule has 4 nitrogen and oxygen atoms in total. The number of aliphatic carboxylic acids is 1. The molecule has 2 unspecified atom stereocenters. The van der Waals surface area contributed by atoms with Gasteiger partial charge in [0.05, 0.1) is 5.92 Å². The molecule has 0 aliphatic carbocycles. The minimum absolute atomic E-state index is 0.140. The van der Waals surface area contributed by atoms with Crippen LogP contribution in [0, 0.1) is 12.8 Å². The van der Waals surface area contributed by atoms with Crippen molar-refractivity contribution in [1.82, 2.24) is 4.90 Å². The van der Waals surface area contributed by atoms with E-state index in [1.807, 2.05) is 25.1 Å². The molecule has 1 N–H and O–H groups in total. The van der Waals surface area contributed by atoms with Crippen molar-refractivity contribution in [2.24, 2.45) is 5.92 Å². The van der Waals surface area contributed by atoms with E-state index in [4.69, 9.17) is 5.11 Å². The molecule has 1 heterocycles. The van der Waals surface area contributed by atoms with Crippen LogP contribution in [-0.2, 0) is 9.59 Å². The number of benzene rings is 1. The number of carboxylic acids is 1. The van der Waals surface area contributed by atoms with Gasteiger partial charge in [-0.2, -0.15) is 0 Å². The Balaban J connectivity index is 2.08. The minimum Gasteiger partial charge on any atom is -0.481 e. The number of aryl methyl sites for hydroxylation is 1. The topological polar surface area (TPSA) is 57.6 Å². The van der Waals surface area contributed by atoms with Gasteiger partial charge < -0.3 is 10.0 Å². The van der Waals surface area contributed by atoms with Gasteiger partial charge in [0, 0.05) is 23.1 Å². The summed E-state index contributed by atoms with van der Waals surface area (Å²) in [6, 6.07) is 5.65. The lowest BCUT2D eigenvalue weighted by Gasteiger charge is -2.21. The van der Waals surface area contributed by atoms with Gasteiger partial charge >= 0.3 is 5.97 Å². The number of carboxylic acid groups (broad SMARTS) is 1.